The molecule has 4 nitrogen and oxygen atoms in total. The Kier molecular flexibility index (Phi) is 8.92. The number of hydrogen-bond acceptors (Lipinski definition) is 3. The highest BCUT2D eigenvalue weighted by atomic mass is 15.2. The van der Waals surface area contributed by atoms with Crippen LogP contribution < -0.4 is 10.2 Å². The van der Waals surface area contributed by atoms with Gasteiger partial charge in [0.1, 0.15) is 0 Å². The standard InChI is InChI=1S/C51H46N4/c1-51(2)46-16-9-7-14-42(46)43-29-28-41(34-47(43)51)54(40-26-22-37(23-27-40)48(52)17-11-31-53-3)39-24-19-35(20-25-39)32-36-21-30-50-45(33-36)44-15-8-10-18-49(44)55(50)38-12-5-4-6-13-38/h4-26,28-30,33-34,40,52-53H,27,31-32H2,1-3H3/b17-11-,52-48?. The molecule has 9 rings (SSSR count). The van der Waals surface area contributed by atoms with Gasteiger partial charge in [-0.25, -0.2) is 0 Å². The van der Waals surface area contributed by atoms with Gasteiger partial charge in [0.2, 0.25) is 0 Å². The van der Waals surface area contributed by atoms with E-state index in [1.54, 1.807) is 0 Å². The molecule has 2 N–H and O–H groups in total. The Labute approximate surface area is 324 Å². The lowest BCUT2D eigenvalue weighted by atomic mass is 9.82. The smallest absolute Gasteiger partial charge is 0.0606 e. The summed E-state index contributed by atoms with van der Waals surface area (Å²) in [5, 5.41) is 14.3. The monoisotopic (exact) mass is 714 g/mol. The lowest BCUT2D eigenvalue weighted by Crippen LogP contribution is -2.31. The highest BCUT2D eigenvalue weighted by Crippen LogP contribution is 2.50. The topological polar surface area (TPSA) is 44.1 Å². The summed E-state index contributed by atoms with van der Waals surface area (Å²) in [5.74, 6) is 0. The van der Waals surface area contributed by atoms with Crippen LogP contribution in [0.3, 0.4) is 0 Å². The SMILES string of the molecule is CNC/C=C\C(=N)C1=CCC(N(c2ccc(Cc3ccc4c(c3)c3ccccc3n4-c3ccccc3)cc2)c2ccc3c(c2)C(C)(C)c2ccccc2-3)C=C1. The third-order valence-corrected chi connectivity index (χ3v) is 11.5. The molecule has 0 aliphatic heterocycles. The Balaban J connectivity index is 1.04. The molecule has 7 aromatic rings. The molecule has 1 heterocycles. The van der Waals surface area contributed by atoms with Gasteiger partial charge in [0.15, 0.2) is 0 Å². The predicted octanol–water partition coefficient (Wildman–Crippen LogP) is 11.9. The number of nitrogens with one attached hydrogen (secondary N) is 2. The first kappa shape index (κ1) is 34.5. The van der Waals surface area contributed by atoms with Gasteiger partial charge in [-0.2, -0.15) is 0 Å². The fourth-order valence-electron chi connectivity index (χ4n) is 8.76. The van der Waals surface area contributed by atoms with Crippen LogP contribution in [0, 0.1) is 5.41 Å². The Hall–Kier alpha value is -6.23. The molecule has 1 atom stereocenters. The molecule has 0 spiro atoms. The normalized spacial score (nSPS) is 15.7. The van der Waals surface area contributed by atoms with E-state index in [0.29, 0.717) is 5.71 Å². The van der Waals surface area contributed by atoms with E-state index in [2.05, 4.69) is 186 Å². The van der Waals surface area contributed by atoms with E-state index >= 15 is 0 Å². The van der Waals surface area contributed by atoms with Gasteiger partial charge >= 0.3 is 0 Å². The van der Waals surface area contributed by atoms with Gasteiger partial charge in [0.25, 0.3) is 0 Å². The summed E-state index contributed by atoms with van der Waals surface area (Å²) >= 11 is 0. The molecule has 2 aliphatic carbocycles. The quantitative estimate of drug-likeness (QED) is 0.139. The van der Waals surface area contributed by atoms with Gasteiger partial charge in [0, 0.05) is 39.8 Å². The number of fused-ring (bicyclic) bond motifs is 6. The molecule has 2 aliphatic rings. The van der Waals surface area contributed by atoms with Crippen molar-refractivity contribution < 1.29 is 0 Å². The van der Waals surface area contributed by atoms with Crippen molar-refractivity contribution in [3.8, 4) is 16.8 Å². The Morgan fingerprint density at radius 2 is 1.45 bits per heavy atom. The summed E-state index contributed by atoms with van der Waals surface area (Å²) in [4.78, 5) is 2.48. The van der Waals surface area contributed by atoms with Crippen molar-refractivity contribution in [1.82, 2.24) is 9.88 Å². The molecule has 55 heavy (non-hydrogen) atoms. The summed E-state index contributed by atoms with van der Waals surface area (Å²) < 4.78 is 2.37. The predicted molar refractivity (Wildman–Crippen MR) is 233 cm³/mol. The van der Waals surface area contributed by atoms with Crippen LogP contribution in [-0.2, 0) is 11.8 Å². The number of likely N-dealkylation sites (N-methyl/N-ethyl adjacent to an activating group) is 1. The van der Waals surface area contributed by atoms with Crippen molar-refractivity contribution in [1.29, 1.82) is 5.41 Å². The second-order valence-corrected chi connectivity index (χ2v) is 15.3. The van der Waals surface area contributed by atoms with Crippen molar-refractivity contribution >= 4 is 38.9 Å². The van der Waals surface area contributed by atoms with Crippen LogP contribution in [0.4, 0.5) is 11.4 Å². The number of aromatic nitrogens is 1. The Morgan fingerprint density at radius 1 is 0.745 bits per heavy atom. The zero-order chi connectivity index (χ0) is 37.5. The third-order valence-electron chi connectivity index (χ3n) is 11.5. The molecule has 6 aromatic carbocycles. The number of hydrogen-bond donors (Lipinski definition) is 2. The number of para-hydroxylation sites is 2. The molecule has 0 fully saturated rings. The van der Waals surface area contributed by atoms with Crippen LogP contribution in [0.25, 0.3) is 38.6 Å². The summed E-state index contributed by atoms with van der Waals surface area (Å²) in [5.41, 5.74) is 15.4. The number of benzene rings is 6. The van der Waals surface area contributed by atoms with E-state index in [9.17, 15) is 0 Å². The maximum Gasteiger partial charge on any atom is 0.0606 e. The summed E-state index contributed by atoms with van der Waals surface area (Å²) in [6, 6.07) is 51.5. The fraction of sp³-hybridized carbons (Fsp3) is 0.157. The molecule has 4 heteroatoms. The van der Waals surface area contributed by atoms with Gasteiger partial charge < -0.3 is 20.2 Å². The van der Waals surface area contributed by atoms with Crippen molar-refractivity contribution in [3.05, 3.63) is 198 Å². The van der Waals surface area contributed by atoms with Crippen LogP contribution in [0.5, 0.6) is 0 Å². The van der Waals surface area contributed by atoms with E-state index in [-0.39, 0.29) is 11.5 Å². The van der Waals surface area contributed by atoms with E-state index in [1.807, 2.05) is 19.2 Å². The summed E-state index contributed by atoms with van der Waals surface area (Å²) in [6.45, 7) is 5.44. The average molecular weight is 715 g/mol. The molecular formula is C51H46N4. The van der Waals surface area contributed by atoms with Crippen LogP contribution in [0.15, 0.2) is 175 Å². The molecule has 0 saturated carbocycles. The Morgan fingerprint density at radius 3 is 2.25 bits per heavy atom. The van der Waals surface area contributed by atoms with Gasteiger partial charge in [-0.1, -0.05) is 123 Å². The van der Waals surface area contributed by atoms with Crippen molar-refractivity contribution in [2.45, 2.75) is 38.1 Å². The summed E-state index contributed by atoms with van der Waals surface area (Å²) in [7, 11) is 1.92. The molecule has 1 unspecified atom stereocenters. The number of rotatable bonds is 10. The number of nitrogens with zero attached hydrogens (tertiary/aromatic N) is 2. The van der Waals surface area contributed by atoms with E-state index < -0.39 is 0 Å². The van der Waals surface area contributed by atoms with E-state index in [0.717, 1.165) is 30.6 Å². The molecular weight excluding hydrogens is 669 g/mol. The highest BCUT2D eigenvalue weighted by molar-refractivity contribution is 6.10. The molecule has 270 valence electrons. The third kappa shape index (κ3) is 6.23. The molecule has 0 radical (unpaired) electrons. The summed E-state index contributed by atoms with van der Waals surface area (Å²) in [6.07, 6.45) is 12.2. The van der Waals surface area contributed by atoms with Crippen LogP contribution >= 0.6 is 0 Å². The van der Waals surface area contributed by atoms with Gasteiger partial charge in [-0.3, -0.25) is 0 Å². The van der Waals surface area contributed by atoms with Gasteiger partial charge in [-0.15, -0.1) is 0 Å². The van der Waals surface area contributed by atoms with Crippen molar-refractivity contribution in [3.63, 3.8) is 0 Å². The maximum atomic E-state index is 8.65. The minimum atomic E-state index is -0.0871. The molecule has 0 saturated heterocycles. The zero-order valence-electron chi connectivity index (χ0n) is 31.8. The van der Waals surface area contributed by atoms with E-state index in [4.69, 9.17) is 5.41 Å². The van der Waals surface area contributed by atoms with Crippen LogP contribution in [-0.4, -0.2) is 29.9 Å². The molecule has 1 aromatic heterocycles. The zero-order valence-corrected chi connectivity index (χ0v) is 31.8. The van der Waals surface area contributed by atoms with E-state index in [1.165, 1.54) is 66.6 Å². The molecule has 0 amide bonds. The average Bonchev–Trinajstić information content (AvgIpc) is 3.67. The second-order valence-electron chi connectivity index (χ2n) is 15.3. The van der Waals surface area contributed by atoms with Crippen molar-refractivity contribution in [2.24, 2.45) is 0 Å². The fourth-order valence-corrected chi connectivity index (χ4v) is 8.76. The number of anilines is 2. The minimum absolute atomic E-state index is 0.0871. The van der Waals surface area contributed by atoms with Crippen LogP contribution in [0.1, 0.15) is 42.5 Å². The second kappa shape index (κ2) is 14.2. The van der Waals surface area contributed by atoms with Gasteiger partial charge in [-0.05, 0) is 120 Å². The largest absolute Gasteiger partial charge is 0.334 e. The first-order valence-electron chi connectivity index (χ1n) is 19.4. The maximum absolute atomic E-state index is 8.65. The lowest BCUT2D eigenvalue weighted by molar-refractivity contribution is 0.659. The Bertz CT molecular complexity index is 2650. The highest BCUT2D eigenvalue weighted by Gasteiger charge is 2.36. The molecule has 0 bridgehead atoms. The first-order chi connectivity index (χ1) is 26.9. The minimum Gasteiger partial charge on any atom is -0.334 e. The van der Waals surface area contributed by atoms with Gasteiger partial charge in [0.05, 0.1) is 22.8 Å². The number of allylic oxidation sites excluding steroid dienone is 3. The lowest BCUT2D eigenvalue weighted by Gasteiger charge is -2.34. The van der Waals surface area contributed by atoms with Crippen molar-refractivity contribution in [2.75, 3.05) is 18.5 Å². The first-order valence-corrected chi connectivity index (χ1v) is 19.4. The van der Waals surface area contributed by atoms with Crippen LogP contribution in [0.2, 0.25) is 0 Å².